The lowest BCUT2D eigenvalue weighted by Crippen LogP contribution is -2.08. The van der Waals surface area contributed by atoms with Crippen molar-refractivity contribution in [3.63, 3.8) is 0 Å². The van der Waals surface area contributed by atoms with Crippen molar-refractivity contribution in [1.29, 1.82) is 0 Å². The van der Waals surface area contributed by atoms with E-state index in [1.165, 1.54) is 0 Å². The van der Waals surface area contributed by atoms with Crippen LogP contribution in [0.15, 0.2) is 30.3 Å². The average Bonchev–Trinajstić information content (AvgIpc) is 2.42. The van der Waals surface area contributed by atoms with E-state index in [2.05, 4.69) is 22.6 Å². The zero-order chi connectivity index (χ0) is 13.8. The molecule has 3 nitrogen and oxygen atoms in total. The first-order valence-corrected chi connectivity index (χ1v) is 7.14. The van der Waals surface area contributed by atoms with Gasteiger partial charge >= 0.3 is 5.97 Å². The van der Waals surface area contributed by atoms with E-state index in [4.69, 9.17) is 9.47 Å². The van der Waals surface area contributed by atoms with Crippen molar-refractivity contribution < 1.29 is 14.3 Å². The largest absolute Gasteiger partial charge is 0.497 e. The molecule has 0 saturated carbocycles. The lowest BCUT2D eigenvalue weighted by atomic mass is 10.0. The zero-order valence-electron chi connectivity index (χ0n) is 10.9. The van der Waals surface area contributed by atoms with Crippen LogP contribution in [0.2, 0.25) is 0 Å². The Morgan fingerprint density at radius 2 is 2.05 bits per heavy atom. The monoisotopic (exact) mass is 370 g/mol. The van der Waals surface area contributed by atoms with Crippen molar-refractivity contribution in [1.82, 2.24) is 0 Å². The third kappa shape index (κ3) is 3.18. The summed E-state index contributed by atoms with van der Waals surface area (Å²) in [6, 6.07) is 9.92. The van der Waals surface area contributed by atoms with E-state index in [9.17, 15) is 4.79 Å². The van der Waals surface area contributed by atoms with Gasteiger partial charge in [0.25, 0.3) is 0 Å². The van der Waals surface area contributed by atoms with Gasteiger partial charge in [-0.15, -0.1) is 0 Å². The van der Waals surface area contributed by atoms with Crippen LogP contribution in [0.5, 0.6) is 5.75 Å². The molecule has 0 N–H and O–H groups in total. The van der Waals surface area contributed by atoms with Crippen LogP contribution < -0.4 is 4.74 Å². The molecule has 4 heteroatoms. The standard InChI is InChI=1S/C15H15IO3/c1-3-19-14(17)9-11-5-4-10-8-12(18-2)6-7-13(10)15(11)16/h4-8H,3,9H2,1-2H3. The summed E-state index contributed by atoms with van der Waals surface area (Å²) in [5.74, 6) is 0.648. The van der Waals surface area contributed by atoms with Crippen molar-refractivity contribution in [2.75, 3.05) is 13.7 Å². The van der Waals surface area contributed by atoms with Crippen LogP contribution in [-0.2, 0) is 16.0 Å². The Hall–Kier alpha value is -1.30. The van der Waals surface area contributed by atoms with Gasteiger partial charge in [-0.05, 0) is 64.0 Å². The second kappa shape index (κ2) is 6.23. The summed E-state index contributed by atoms with van der Waals surface area (Å²) in [6.07, 6.45) is 0.314. The fourth-order valence-electron chi connectivity index (χ4n) is 1.95. The number of esters is 1. The van der Waals surface area contributed by atoms with E-state index >= 15 is 0 Å². The summed E-state index contributed by atoms with van der Waals surface area (Å²) in [5.41, 5.74) is 0.997. The van der Waals surface area contributed by atoms with Crippen LogP contribution >= 0.6 is 22.6 Å². The Kier molecular flexibility index (Phi) is 4.63. The van der Waals surface area contributed by atoms with E-state index in [1.807, 2.05) is 37.3 Å². The Morgan fingerprint density at radius 1 is 1.26 bits per heavy atom. The molecule has 19 heavy (non-hydrogen) atoms. The third-order valence-electron chi connectivity index (χ3n) is 2.88. The molecule has 0 bridgehead atoms. The number of carbonyl (C=O) groups is 1. The van der Waals surface area contributed by atoms with E-state index in [1.54, 1.807) is 7.11 Å². The maximum Gasteiger partial charge on any atom is 0.310 e. The lowest BCUT2D eigenvalue weighted by molar-refractivity contribution is -0.142. The molecule has 0 spiro atoms. The Bertz CT molecular complexity index is 608. The van der Waals surface area contributed by atoms with Crippen LogP contribution in [0.1, 0.15) is 12.5 Å². The average molecular weight is 370 g/mol. The van der Waals surface area contributed by atoms with Gasteiger partial charge in [0, 0.05) is 3.57 Å². The van der Waals surface area contributed by atoms with Crippen molar-refractivity contribution in [2.45, 2.75) is 13.3 Å². The summed E-state index contributed by atoms with van der Waals surface area (Å²) < 4.78 is 11.3. The SMILES string of the molecule is CCOC(=O)Cc1ccc2cc(OC)ccc2c1I. The number of carbonyl (C=O) groups excluding carboxylic acids is 1. The highest BCUT2D eigenvalue weighted by Crippen LogP contribution is 2.27. The van der Waals surface area contributed by atoms with E-state index < -0.39 is 0 Å². The molecule has 0 saturated heterocycles. The number of benzene rings is 2. The van der Waals surface area contributed by atoms with E-state index in [-0.39, 0.29) is 5.97 Å². The van der Waals surface area contributed by atoms with Crippen LogP contribution in [0.25, 0.3) is 10.8 Å². The van der Waals surface area contributed by atoms with Gasteiger partial charge in [-0.3, -0.25) is 4.79 Å². The number of ether oxygens (including phenoxy) is 2. The summed E-state index contributed by atoms with van der Waals surface area (Å²) >= 11 is 2.28. The predicted molar refractivity (Wildman–Crippen MR) is 83.6 cm³/mol. The fourth-order valence-corrected chi connectivity index (χ4v) is 2.81. The van der Waals surface area contributed by atoms with Gasteiger partial charge in [0.1, 0.15) is 5.75 Å². The van der Waals surface area contributed by atoms with Crippen molar-refractivity contribution in [3.8, 4) is 5.75 Å². The quantitative estimate of drug-likeness (QED) is 0.610. The molecule has 0 atom stereocenters. The van der Waals surface area contributed by atoms with E-state index in [0.717, 1.165) is 25.7 Å². The molecule has 2 rings (SSSR count). The molecule has 0 amide bonds. The summed E-state index contributed by atoms with van der Waals surface area (Å²) in [7, 11) is 1.65. The molecule has 0 aliphatic heterocycles. The summed E-state index contributed by atoms with van der Waals surface area (Å²) in [6.45, 7) is 2.23. The van der Waals surface area contributed by atoms with E-state index in [0.29, 0.717) is 13.0 Å². The molecule has 0 fully saturated rings. The lowest BCUT2D eigenvalue weighted by Gasteiger charge is -2.09. The first kappa shape index (κ1) is 14.1. The number of halogens is 1. The van der Waals surface area contributed by atoms with Gasteiger partial charge in [-0.25, -0.2) is 0 Å². The predicted octanol–water partition coefficient (Wildman–Crippen LogP) is 3.56. The molecule has 0 aromatic heterocycles. The highest BCUT2D eigenvalue weighted by atomic mass is 127. The maximum absolute atomic E-state index is 11.6. The van der Waals surface area contributed by atoms with Gasteiger partial charge < -0.3 is 9.47 Å². The minimum absolute atomic E-state index is 0.187. The highest BCUT2D eigenvalue weighted by Gasteiger charge is 2.10. The molecule has 0 heterocycles. The molecule has 0 aliphatic rings. The molecule has 2 aromatic carbocycles. The van der Waals surface area contributed by atoms with Crippen LogP contribution in [0.3, 0.4) is 0 Å². The maximum atomic E-state index is 11.6. The van der Waals surface area contributed by atoms with Gasteiger partial charge in [0.15, 0.2) is 0 Å². The molecule has 2 aromatic rings. The van der Waals surface area contributed by atoms with Gasteiger partial charge in [0.2, 0.25) is 0 Å². The van der Waals surface area contributed by atoms with Crippen LogP contribution in [-0.4, -0.2) is 19.7 Å². The molecular formula is C15H15IO3. The number of methoxy groups -OCH3 is 1. The second-order valence-corrected chi connectivity index (χ2v) is 5.19. The van der Waals surface area contributed by atoms with Gasteiger partial charge in [-0.1, -0.05) is 12.1 Å². The molecule has 100 valence electrons. The number of fused-ring (bicyclic) bond motifs is 1. The number of rotatable bonds is 4. The zero-order valence-corrected chi connectivity index (χ0v) is 13.1. The normalized spacial score (nSPS) is 10.5. The minimum atomic E-state index is -0.187. The van der Waals surface area contributed by atoms with Gasteiger partial charge in [-0.2, -0.15) is 0 Å². The Labute approximate surface area is 126 Å². The molecule has 0 unspecified atom stereocenters. The number of hydrogen-bond acceptors (Lipinski definition) is 3. The van der Waals surface area contributed by atoms with Crippen LogP contribution in [0.4, 0.5) is 0 Å². The first-order valence-electron chi connectivity index (χ1n) is 6.06. The van der Waals surface area contributed by atoms with Crippen LogP contribution in [0, 0.1) is 3.57 Å². The smallest absolute Gasteiger partial charge is 0.310 e. The molecule has 0 aliphatic carbocycles. The topological polar surface area (TPSA) is 35.5 Å². The third-order valence-corrected chi connectivity index (χ3v) is 4.16. The van der Waals surface area contributed by atoms with Crippen molar-refractivity contribution in [3.05, 3.63) is 39.5 Å². The Morgan fingerprint density at radius 3 is 2.74 bits per heavy atom. The molecular weight excluding hydrogens is 355 g/mol. The summed E-state index contributed by atoms with van der Waals surface area (Å²) in [4.78, 5) is 11.6. The Balaban J connectivity index is 2.37. The minimum Gasteiger partial charge on any atom is -0.497 e. The van der Waals surface area contributed by atoms with Crippen molar-refractivity contribution in [2.24, 2.45) is 0 Å². The summed E-state index contributed by atoms with van der Waals surface area (Å²) in [5, 5.41) is 2.24. The molecule has 0 radical (unpaired) electrons. The van der Waals surface area contributed by atoms with Gasteiger partial charge in [0.05, 0.1) is 20.1 Å². The van der Waals surface area contributed by atoms with Crippen molar-refractivity contribution >= 4 is 39.3 Å². The highest BCUT2D eigenvalue weighted by molar-refractivity contribution is 14.1. The number of hydrogen-bond donors (Lipinski definition) is 0. The fraction of sp³-hybridized carbons (Fsp3) is 0.267. The second-order valence-electron chi connectivity index (χ2n) is 4.11. The first-order chi connectivity index (χ1) is 9.15.